The maximum absolute atomic E-state index is 12.7. The highest BCUT2D eigenvalue weighted by Gasteiger charge is 2.20. The van der Waals surface area contributed by atoms with Crippen molar-refractivity contribution in [2.45, 2.75) is 62.0 Å². The first kappa shape index (κ1) is 23.0. The molecular weight excluding hydrogens is 448 g/mol. The van der Waals surface area contributed by atoms with Crippen molar-refractivity contribution in [3.63, 3.8) is 0 Å². The van der Waals surface area contributed by atoms with E-state index in [-0.39, 0.29) is 5.56 Å². The second-order valence-corrected chi connectivity index (χ2v) is 9.85. The van der Waals surface area contributed by atoms with E-state index in [1.807, 2.05) is 24.3 Å². The minimum absolute atomic E-state index is 0.251. The molecule has 5 rings (SSSR count). The van der Waals surface area contributed by atoms with Crippen LogP contribution in [0.1, 0.15) is 44.9 Å². The highest BCUT2D eigenvalue weighted by atomic mass is 32.1. The quantitative estimate of drug-likeness (QED) is 0.384. The summed E-state index contributed by atoms with van der Waals surface area (Å²) < 4.78 is 6.14. The van der Waals surface area contributed by atoms with E-state index < -0.39 is 0 Å². The second kappa shape index (κ2) is 10.2. The van der Waals surface area contributed by atoms with Gasteiger partial charge in [0.05, 0.1) is 11.6 Å². The van der Waals surface area contributed by atoms with Crippen LogP contribution in [0.5, 0.6) is 5.75 Å². The van der Waals surface area contributed by atoms with Crippen molar-refractivity contribution in [3.05, 3.63) is 40.8 Å². The number of aromatic amines is 1. The third-order valence-corrected chi connectivity index (χ3v) is 7.08. The molecule has 9 heteroatoms. The number of H-pyrrole nitrogens is 1. The zero-order chi connectivity index (χ0) is 23.5. The molecule has 8 nitrogen and oxygen atoms in total. The Balaban J connectivity index is 1.40. The zero-order valence-electron chi connectivity index (χ0n) is 19.5. The van der Waals surface area contributed by atoms with Crippen molar-refractivity contribution in [2.75, 3.05) is 30.8 Å². The molecule has 0 atom stereocenters. The molecule has 1 aliphatic carbocycles. The first-order valence-corrected chi connectivity index (χ1v) is 12.6. The van der Waals surface area contributed by atoms with Crippen LogP contribution in [0.15, 0.2) is 40.2 Å². The molecule has 1 saturated heterocycles. The van der Waals surface area contributed by atoms with Crippen LogP contribution in [0.3, 0.4) is 0 Å². The molecule has 1 aliphatic heterocycles. The molecule has 2 aliphatic rings. The summed E-state index contributed by atoms with van der Waals surface area (Å²) in [4.78, 5) is 27.7. The van der Waals surface area contributed by atoms with Gasteiger partial charge in [-0.2, -0.15) is 4.98 Å². The van der Waals surface area contributed by atoms with E-state index in [2.05, 4.69) is 45.2 Å². The molecule has 2 aromatic heterocycles. The lowest BCUT2D eigenvalue weighted by atomic mass is 9.98. The lowest BCUT2D eigenvalue weighted by molar-refractivity contribution is 0.155. The lowest BCUT2D eigenvalue weighted by Crippen LogP contribution is -2.37. The van der Waals surface area contributed by atoms with Gasteiger partial charge in [0.2, 0.25) is 5.95 Å². The smallest absolute Gasteiger partial charge is 0.261 e. The Morgan fingerprint density at radius 1 is 1.06 bits per heavy atom. The topological polar surface area (TPSA) is 95.2 Å². The molecule has 0 amide bonds. The Kier molecular flexibility index (Phi) is 6.92. The Morgan fingerprint density at radius 3 is 2.53 bits per heavy atom. The van der Waals surface area contributed by atoms with Crippen molar-refractivity contribution in [1.82, 2.24) is 19.9 Å². The summed E-state index contributed by atoms with van der Waals surface area (Å²) in [6, 6.07) is 8.13. The minimum atomic E-state index is -0.251. The summed E-state index contributed by atoms with van der Waals surface area (Å²) >= 11 is 4.53. The number of pyridine rings is 1. The third-order valence-electron chi connectivity index (χ3n) is 6.74. The van der Waals surface area contributed by atoms with Gasteiger partial charge in [-0.25, -0.2) is 4.98 Å². The van der Waals surface area contributed by atoms with Gasteiger partial charge in [-0.3, -0.25) is 4.79 Å². The number of nitrogens with one attached hydrogen (secondary N) is 3. The van der Waals surface area contributed by atoms with E-state index in [0.29, 0.717) is 39.7 Å². The highest BCUT2D eigenvalue weighted by molar-refractivity contribution is 7.80. The van der Waals surface area contributed by atoms with Crippen LogP contribution in [-0.4, -0.2) is 52.1 Å². The van der Waals surface area contributed by atoms with E-state index in [1.165, 1.54) is 19.3 Å². The number of ether oxygens (including phenoxy) is 1. The fourth-order valence-corrected chi connectivity index (χ4v) is 4.98. The first-order chi connectivity index (χ1) is 16.5. The third kappa shape index (κ3) is 5.31. The number of fused-ring (bicyclic) bond motifs is 1. The molecule has 3 N–H and O–H groups in total. The maximum atomic E-state index is 12.7. The number of hydrogen-bond acceptors (Lipinski definition) is 8. The number of benzene rings is 1. The summed E-state index contributed by atoms with van der Waals surface area (Å²) in [6.07, 6.45) is 9.93. The number of rotatable bonds is 6. The normalized spacial score (nSPS) is 18.2. The van der Waals surface area contributed by atoms with Crippen LogP contribution in [0.25, 0.3) is 10.9 Å². The van der Waals surface area contributed by atoms with E-state index in [0.717, 1.165) is 50.2 Å². The molecule has 180 valence electrons. The monoisotopic (exact) mass is 480 g/mol. The summed E-state index contributed by atoms with van der Waals surface area (Å²) in [6.45, 7) is 2.06. The number of anilines is 3. The fourth-order valence-electron chi connectivity index (χ4n) is 4.76. The van der Waals surface area contributed by atoms with Crippen molar-refractivity contribution >= 4 is 41.0 Å². The van der Waals surface area contributed by atoms with Crippen LogP contribution in [-0.2, 0) is 0 Å². The van der Waals surface area contributed by atoms with Gasteiger partial charge in [0.25, 0.3) is 5.56 Å². The minimum Gasteiger partial charge on any atom is -0.490 e. The van der Waals surface area contributed by atoms with Gasteiger partial charge in [-0.1, -0.05) is 6.42 Å². The van der Waals surface area contributed by atoms with Crippen LogP contribution in [0, 0.1) is 0 Å². The molecule has 0 bridgehead atoms. The molecule has 1 saturated carbocycles. The molecule has 0 unspecified atom stereocenters. The van der Waals surface area contributed by atoms with Gasteiger partial charge in [0.1, 0.15) is 17.0 Å². The average molecular weight is 481 g/mol. The molecule has 34 heavy (non-hydrogen) atoms. The number of nitrogens with zero attached hydrogens (tertiary/aromatic N) is 3. The van der Waals surface area contributed by atoms with Crippen molar-refractivity contribution in [1.29, 1.82) is 0 Å². The number of aromatic nitrogens is 3. The Hall–Kier alpha value is -2.78. The van der Waals surface area contributed by atoms with Crippen molar-refractivity contribution < 1.29 is 4.74 Å². The standard InChI is InChI=1S/C25H32N6O2S/c1-31-13-11-17(12-14-31)28-25-29-22-20(34)15-26-24(32)21(22)23(30-25)27-16-7-9-19(10-8-16)33-18-5-3-2-4-6-18/h7-10,15,17-18,34H,2-6,11-14H2,1H3,(H,26,32)(H2,27,28,29,30). The number of likely N-dealkylation sites (tertiary alicyclic amines) is 1. The summed E-state index contributed by atoms with van der Waals surface area (Å²) in [5, 5.41) is 7.18. The Bertz CT molecular complexity index is 1180. The Morgan fingerprint density at radius 2 is 1.79 bits per heavy atom. The van der Waals surface area contributed by atoms with E-state index in [9.17, 15) is 4.79 Å². The zero-order valence-corrected chi connectivity index (χ0v) is 20.4. The number of hydrogen-bond donors (Lipinski definition) is 4. The van der Waals surface area contributed by atoms with Crippen LogP contribution < -0.4 is 20.9 Å². The van der Waals surface area contributed by atoms with Crippen molar-refractivity contribution in [3.8, 4) is 5.75 Å². The largest absolute Gasteiger partial charge is 0.490 e. The Labute approximate surface area is 204 Å². The van der Waals surface area contributed by atoms with Gasteiger partial charge in [-0.05, 0) is 82.9 Å². The second-order valence-electron chi connectivity index (χ2n) is 9.37. The predicted molar refractivity (Wildman–Crippen MR) is 139 cm³/mol. The number of thiol groups is 1. The van der Waals surface area contributed by atoms with Crippen LogP contribution >= 0.6 is 12.6 Å². The maximum Gasteiger partial charge on any atom is 0.261 e. The molecule has 3 heterocycles. The van der Waals surface area contributed by atoms with Gasteiger partial charge < -0.3 is 25.3 Å². The summed E-state index contributed by atoms with van der Waals surface area (Å²) in [5.41, 5.74) is 1.10. The SMILES string of the molecule is CN1CCC(Nc2nc(Nc3ccc(OC4CCCCC4)cc3)c3c(=O)[nH]cc(S)c3n2)CC1. The molecular formula is C25H32N6O2S. The summed E-state index contributed by atoms with van der Waals surface area (Å²) in [7, 11) is 2.13. The summed E-state index contributed by atoms with van der Waals surface area (Å²) in [5.74, 6) is 1.83. The van der Waals surface area contributed by atoms with E-state index in [1.54, 1.807) is 6.20 Å². The van der Waals surface area contributed by atoms with Gasteiger partial charge in [-0.15, -0.1) is 12.6 Å². The average Bonchev–Trinajstić information content (AvgIpc) is 2.85. The van der Waals surface area contributed by atoms with Gasteiger partial charge in [0, 0.05) is 22.8 Å². The van der Waals surface area contributed by atoms with E-state index >= 15 is 0 Å². The fraction of sp³-hybridized carbons (Fsp3) is 0.480. The molecule has 0 radical (unpaired) electrons. The molecule has 3 aromatic rings. The molecule has 1 aromatic carbocycles. The number of piperidine rings is 1. The first-order valence-electron chi connectivity index (χ1n) is 12.2. The van der Waals surface area contributed by atoms with Gasteiger partial charge in [0.15, 0.2) is 0 Å². The van der Waals surface area contributed by atoms with Crippen molar-refractivity contribution in [2.24, 2.45) is 0 Å². The lowest BCUT2D eigenvalue weighted by Gasteiger charge is -2.29. The van der Waals surface area contributed by atoms with Gasteiger partial charge >= 0.3 is 0 Å². The predicted octanol–water partition coefficient (Wildman–Crippen LogP) is 4.57. The van der Waals surface area contributed by atoms with Crippen LogP contribution in [0.2, 0.25) is 0 Å². The highest BCUT2D eigenvalue weighted by Crippen LogP contribution is 2.29. The van der Waals surface area contributed by atoms with Crippen LogP contribution in [0.4, 0.5) is 17.5 Å². The molecule has 0 spiro atoms. The van der Waals surface area contributed by atoms with E-state index in [4.69, 9.17) is 9.72 Å². The molecule has 2 fully saturated rings.